The fourth-order valence-corrected chi connectivity index (χ4v) is 1.88. The fourth-order valence-electron chi connectivity index (χ4n) is 1.67. The Hall–Kier alpha value is -2.27. The van der Waals surface area contributed by atoms with E-state index in [4.69, 9.17) is 17.3 Å². The lowest BCUT2D eigenvalue weighted by molar-refractivity contribution is 0.0601. The van der Waals surface area contributed by atoms with Gasteiger partial charge < -0.3 is 15.8 Å². The Balaban J connectivity index is 2.33. The first kappa shape index (κ1) is 14.1. The minimum absolute atomic E-state index is 0.131. The van der Waals surface area contributed by atoms with Crippen molar-refractivity contribution in [2.24, 2.45) is 0 Å². The predicted molar refractivity (Wildman–Crippen MR) is 76.9 cm³/mol. The zero-order chi connectivity index (χ0) is 14.7. The van der Waals surface area contributed by atoms with Crippen molar-refractivity contribution in [2.45, 2.75) is 0 Å². The SMILES string of the molecule is COC(=O)c1ccc(Nc2c(F)cccc2Cl)c(N)c1. The Kier molecular flexibility index (Phi) is 4.10. The largest absolute Gasteiger partial charge is 0.465 e. The number of nitrogens with one attached hydrogen (secondary N) is 1. The highest BCUT2D eigenvalue weighted by molar-refractivity contribution is 6.33. The number of halogens is 2. The molecule has 104 valence electrons. The molecule has 2 aromatic carbocycles. The number of anilines is 3. The number of ether oxygens (including phenoxy) is 1. The van der Waals surface area contributed by atoms with E-state index in [-0.39, 0.29) is 16.4 Å². The molecule has 0 atom stereocenters. The smallest absolute Gasteiger partial charge is 0.337 e. The molecule has 0 radical (unpaired) electrons. The summed E-state index contributed by atoms with van der Waals surface area (Å²) in [6, 6.07) is 8.89. The van der Waals surface area contributed by atoms with Crippen molar-refractivity contribution in [1.29, 1.82) is 0 Å². The van der Waals surface area contributed by atoms with Gasteiger partial charge in [0.05, 0.1) is 34.8 Å². The molecule has 0 amide bonds. The molecule has 20 heavy (non-hydrogen) atoms. The number of nitrogens with two attached hydrogens (primary N) is 1. The van der Waals surface area contributed by atoms with Gasteiger partial charge in [-0.15, -0.1) is 0 Å². The average molecular weight is 295 g/mol. The lowest BCUT2D eigenvalue weighted by atomic mass is 10.1. The molecule has 0 heterocycles. The number of methoxy groups -OCH3 is 1. The molecule has 2 rings (SSSR count). The topological polar surface area (TPSA) is 64.3 Å². The van der Waals surface area contributed by atoms with E-state index in [2.05, 4.69) is 10.1 Å². The molecule has 0 spiro atoms. The van der Waals surface area contributed by atoms with Crippen molar-refractivity contribution in [3.63, 3.8) is 0 Å². The van der Waals surface area contributed by atoms with Gasteiger partial charge in [-0.25, -0.2) is 9.18 Å². The van der Waals surface area contributed by atoms with Gasteiger partial charge in [0.15, 0.2) is 0 Å². The van der Waals surface area contributed by atoms with Crippen LogP contribution in [0.15, 0.2) is 36.4 Å². The van der Waals surface area contributed by atoms with Crippen LogP contribution >= 0.6 is 11.6 Å². The number of nitrogen functional groups attached to an aromatic ring is 1. The first-order valence-electron chi connectivity index (χ1n) is 5.72. The number of esters is 1. The minimum atomic E-state index is -0.493. The van der Waals surface area contributed by atoms with Crippen molar-refractivity contribution in [3.05, 3.63) is 52.8 Å². The van der Waals surface area contributed by atoms with Crippen LogP contribution in [-0.4, -0.2) is 13.1 Å². The van der Waals surface area contributed by atoms with E-state index in [1.54, 1.807) is 12.1 Å². The Morgan fingerprint density at radius 1 is 1.35 bits per heavy atom. The molecule has 6 heteroatoms. The summed E-state index contributed by atoms with van der Waals surface area (Å²) >= 11 is 5.92. The predicted octanol–water partition coefficient (Wildman–Crippen LogP) is 3.59. The third kappa shape index (κ3) is 2.83. The van der Waals surface area contributed by atoms with Crippen LogP contribution in [0.5, 0.6) is 0 Å². The van der Waals surface area contributed by atoms with Gasteiger partial charge in [0.1, 0.15) is 5.82 Å². The number of hydrogen-bond donors (Lipinski definition) is 2. The van der Waals surface area contributed by atoms with E-state index in [9.17, 15) is 9.18 Å². The van der Waals surface area contributed by atoms with Crippen LogP contribution < -0.4 is 11.1 Å². The summed E-state index contributed by atoms with van der Waals surface area (Å²) < 4.78 is 18.3. The van der Waals surface area contributed by atoms with Crippen LogP contribution in [0, 0.1) is 5.82 Å². The average Bonchev–Trinajstić information content (AvgIpc) is 2.43. The highest BCUT2D eigenvalue weighted by atomic mass is 35.5. The van der Waals surface area contributed by atoms with Crippen LogP contribution in [0.4, 0.5) is 21.5 Å². The Morgan fingerprint density at radius 3 is 2.70 bits per heavy atom. The number of para-hydroxylation sites is 1. The molecule has 0 unspecified atom stereocenters. The minimum Gasteiger partial charge on any atom is -0.465 e. The highest BCUT2D eigenvalue weighted by Gasteiger charge is 2.11. The van der Waals surface area contributed by atoms with Crippen LogP contribution in [0.3, 0.4) is 0 Å². The van der Waals surface area contributed by atoms with Crippen molar-refractivity contribution >= 4 is 34.6 Å². The van der Waals surface area contributed by atoms with Crippen molar-refractivity contribution in [1.82, 2.24) is 0 Å². The molecule has 0 bridgehead atoms. The summed E-state index contributed by atoms with van der Waals surface area (Å²) in [6.07, 6.45) is 0. The van der Waals surface area contributed by atoms with E-state index in [1.165, 1.54) is 31.4 Å². The molecule has 3 N–H and O–H groups in total. The second kappa shape index (κ2) is 5.79. The van der Waals surface area contributed by atoms with E-state index in [1.807, 2.05) is 0 Å². The van der Waals surface area contributed by atoms with Gasteiger partial charge in [0.25, 0.3) is 0 Å². The van der Waals surface area contributed by atoms with Gasteiger partial charge in [-0.2, -0.15) is 0 Å². The molecule has 0 saturated carbocycles. The van der Waals surface area contributed by atoms with E-state index in [0.717, 1.165) is 0 Å². The highest BCUT2D eigenvalue weighted by Crippen LogP contribution is 2.31. The summed E-state index contributed by atoms with van der Waals surface area (Å²) in [5.74, 6) is -0.985. The van der Waals surface area contributed by atoms with E-state index >= 15 is 0 Å². The summed E-state index contributed by atoms with van der Waals surface area (Å²) in [5.41, 5.74) is 7.01. The quantitative estimate of drug-likeness (QED) is 0.671. The third-order valence-electron chi connectivity index (χ3n) is 2.70. The molecule has 0 saturated heterocycles. The van der Waals surface area contributed by atoms with Gasteiger partial charge >= 0.3 is 5.97 Å². The summed E-state index contributed by atoms with van der Waals surface area (Å²) in [5, 5.41) is 3.05. The Labute approximate surface area is 120 Å². The summed E-state index contributed by atoms with van der Waals surface area (Å²) in [7, 11) is 1.28. The molecule has 0 aromatic heterocycles. The molecule has 0 fully saturated rings. The molecule has 2 aromatic rings. The lowest BCUT2D eigenvalue weighted by Crippen LogP contribution is -2.04. The van der Waals surface area contributed by atoms with Gasteiger partial charge in [-0.05, 0) is 30.3 Å². The van der Waals surface area contributed by atoms with Crippen molar-refractivity contribution in [3.8, 4) is 0 Å². The Bertz CT molecular complexity index is 641. The molecule has 0 aliphatic carbocycles. The number of carbonyl (C=O) groups is 1. The van der Waals surface area contributed by atoms with Gasteiger partial charge in [-0.1, -0.05) is 17.7 Å². The second-order valence-corrected chi connectivity index (χ2v) is 4.42. The molecular formula is C14H12ClFN2O2. The molecule has 0 aliphatic heterocycles. The standard InChI is InChI=1S/C14H12ClFN2O2/c1-20-14(19)8-5-6-12(11(17)7-8)18-13-9(15)3-2-4-10(13)16/h2-7,18H,17H2,1H3. The normalized spacial score (nSPS) is 10.2. The maximum Gasteiger partial charge on any atom is 0.337 e. The number of hydrogen-bond acceptors (Lipinski definition) is 4. The van der Waals surface area contributed by atoms with Crippen molar-refractivity contribution in [2.75, 3.05) is 18.2 Å². The van der Waals surface area contributed by atoms with Gasteiger partial charge in [-0.3, -0.25) is 0 Å². The third-order valence-corrected chi connectivity index (χ3v) is 3.01. The van der Waals surface area contributed by atoms with Crippen LogP contribution in [0.1, 0.15) is 10.4 Å². The molecule has 0 aliphatic rings. The van der Waals surface area contributed by atoms with E-state index < -0.39 is 11.8 Å². The maximum absolute atomic E-state index is 13.7. The first-order chi connectivity index (χ1) is 9.52. The van der Waals surface area contributed by atoms with Crippen molar-refractivity contribution < 1.29 is 13.9 Å². The maximum atomic E-state index is 13.7. The number of rotatable bonds is 3. The molecular weight excluding hydrogens is 283 g/mol. The van der Waals surface area contributed by atoms with Gasteiger partial charge in [0.2, 0.25) is 0 Å². The number of carbonyl (C=O) groups excluding carboxylic acids is 1. The zero-order valence-corrected chi connectivity index (χ0v) is 11.4. The fraction of sp³-hybridized carbons (Fsp3) is 0.0714. The second-order valence-electron chi connectivity index (χ2n) is 4.02. The Morgan fingerprint density at radius 2 is 2.10 bits per heavy atom. The van der Waals surface area contributed by atoms with Crippen LogP contribution in [-0.2, 0) is 4.74 Å². The lowest BCUT2D eigenvalue weighted by Gasteiger charge is -2.12. The first-order valence-corrected chi connectivity index (χ1v) is 6.09. The van der Waals surface area contributed by atoms with Gasteiger partial charge in [0, 0.05) is 0 Å². The molecule has 4 nitrogen and oxygen atoms in total. The van der Waals surface area contributed by atoms with Crippen LogP contribution in [0.2, 0.25) is 5.02 Å². The monoisotopic (exact) mass is 294 g/mol. The zero-order valence-electron chi connectivity index (χ0n) is 10.6. The summed E-state index contributed by atoms with van der Waals surface area (Å²) in [4.78, 5) is 11.4. The van der Waals surface area contributed by atoms with Crippen LogP contribution in [0.25, 0.3) is 0 Å². The summed E-state index contributed by atoms with van der Waals surface area (Å²) in [6.45, 7) is 0. The van der Waals surface area contributed by atoms with E-state index in [0.29, 0.717) is 11.3 Å². The number of benzene rings is 2.